The van der Waals surface area contributed by atoms with Gasteiger partial charge in [-0.2, -0.15) is 0 Å². The van der Waals surface area contributed by atoms with Crippen molar-refractivity contribution < 1.29 is 4.74 Å². The molecule has 0 heterocycles. The molecule has 0 aromatic rings. The Balaban J connectivity index is 2.37. The summed E-state index contributed by atoms with van der Waals surface area (Å²) >= 11 is 0. The van der Waals surface area contributed by atoms with E-state index in [9.17, 15) is 0 Å². The molecule has 0 aliphatic heterocycles. The molecule has 108 valence electrons. The quantitative estimate of drug-likeness (QED) is 0.562. The van der Waals surface area contributed by atoms with E-state index in [4.69, 9.17) is 10.5 Å². The standard InChI is InChI=1S/C15H32N2O/c1-14(2)12-18-11-10-17(3)15(13-16)8-6-4-5-7-9-15/h14H,4-13,16H2,1-3H3. The monoisotopic (exact) mass is 256 g/mol. The molecule has 0 radical (unpaired) electrons. The number of hydrogen-bond acceptors (Lipinski definition) is 3. The predicted octanol–water partition coefficient (Wildman–Crippen LogP) is 2.64. The number of rotatable bonds is 7. The highest BCUT2D eigenvalue weighted by Gasteiger charge is 2.33. The Hall–Kier alpha value is -0.120. The van der Waals surface area contributed by atoms with Crippen LogP contribution in [-0.4, -0.2) is 43.8 Å². The van der Waals surface area contributed by atoms with Crippen molar-refractivity contribution in [2.45, 2.75) is 57.9 Å². The van der Waals surface area contributed by atoms with Crippen LogP contribution < -0.4 is 5.73 Å². The molecule has 1 saturated carbocycles. The van der Waals surface area contributed by atoms with Crippen LogP contribution in [0.25, 0.3) is 0 Å². The van der Waals surface area contributed by atoms with Crippen LogP contribution in [0.2, 0.25) is 0 Å². The summed E-state index contributed by atoms with van der Waals surface area (Å²) in [5.41, 5.74) is 6.31. The second kappa shape index (κ2) is 8.13. The van der Waals surface area contributed by atoms with Gasteiger partial charge in [-0.3, -0.25) is 4.90 Å². The molecule has 0 aromatic heterocycles. The molecular formula is C15H32N2O. The van der Waals surface area contributed by atoms with Gasteiger partial charge < -0.3 is 10.5 Å². The third-order valence-electron chi connectivity index (χ3n) is 4.25. The van der Waals surface area contributed by atoms with Gasteiger partial charge in [-0.05, 0) is 25.8 Å². The fourth-order valence-corrected chi connectivity index (χ4v) is 2.89. The summed E-state index contributed by atoms with van der Waals surface area (Å²) in [6, 6.07) is 0. The van der Waals surface area contributed by atoms with Crippen molar-refractivity contribution in [1.29, 1.82) is 0 Å². The smallest absolute Gasteiger partial charge is 0.0593 e. The fraction of sp³-hybridized carbons (Fsp3) is 1.00. The minimum Gasteiger partial charge on any atom is -0.380 e. The molecule has 0 atom stereocenters. The number of nitrogens with zero attached hydrogens (tertiary/aromatic N) is 1. The van der Waals surface area contributed by atoms with Crippen molar-refractivity contribution in [3.05, 3.63) is 0 Å². The van der Waals surface area contributed by atoms with Crippen LogP contribution in [0.1, 0.15) is 52.4 Å². The van der Waals surface area contributed by atoms with E-state index in [0.29, 0.717) is 5.92 Å². The minimum atomic E-state index is 0.234. The Bertz CT molecular complexity index is 211. The molecule has 2 N–H and O–H groups in total. The maximum Gasteiger partial charge on any atom is 0.0593 e. The maximum absolute atomic E-state index is 6.08. The summed E-state index contributed by atoms with van der Waals surface area (Å²) in [5, 5.41) is 0. The molecular weight excluding hydrogens is 224 g/mol. The van der Waals surface area contributed by atoms with Crippen molar-refractivity contribution >= 4 is 0 Å². The van der Waals surface area contributed by atoms with Gasteiger partial charge in [0, 0.05) is 25.2 Å². The minimum absolute atomic E-state index is 0.234. The van der Waals surface area contributed by atoms with Crippen LogP contribution >= 0.6 is 0 Å². The maximum atomic E-state index is 6.08. The average molecular weight is 256 g/mol. The number of likely N-dealkylation sites (N-methyl/N-ethyl adjacent to an activating group) is 1. The van der Waals surface area contributed by atoms with Crippen LogP contribution in [-0.2, 0) is 4.74 Å². The topological polar surface area (TPSA) is 38.5 Å². The molecule has 0 spiro atoms. The van der Waals surface area contributed by atoms with E-state index in [1.54, 1.807) is 0 Å². The molecule has 1 rings (SSSR count). The Morgan fingerprint density at radius 1 is 1.17 bits per heavy atom. The lowest BCUT2D eigenvalue weighted by atomic mass is 9.88. The summed E-state index contributed by atoms with van der Waals surface area (Å²) in [4.78, 5) is 2.46. The summed E-state index contributed by atoms with van der Waals surface area (Å²) in [5.74, 6) is 0.622. The molecule has 1 fully saturated rings. The van der Waals surface area contributed by atoms with Gasteiger partial charge in [0.2, 0.25) is 0 Å². The Morgan fingerprint density at radius 3 is 2.28 bits per heavy atom. The first-order valence-corrected chi connectivity index (χ1v) is 7.60. The van der Waals surface area contributed by atoms with Crippen molar-refractivity contribution in [3.8, 4) is 0 Å². The predicted molar refractivity (Wildman–Crippen MR) is 77.8 cm³/mol. The van der Waals surface area contributed by atoms with Gasteiger partial charge in [0.1, 0.15) is 0 Å². The molecule has 3 heteroatoms. The lowest BCUT2D eigenvalue weighted by Crippen LogP contribution is -2.52. The Morgan fingerprint density at radius 2 is 1.78 bits per heavy atom. The van der Waals surface area contributed by atoms with E-state index in [1.807, 2.05) is 0 Å². The third kappa shape index (κ3) is 4.87. The van der Waals surface area contributed by atoms with E-state index in [1.165, 1.54) is 38.5 Å². The second-order valence-corrected chi connectivity index (χ2v) is 6.23. The van der Waals surface area contributed by atoms with Gasteiger partial charge in [0.05, 0.1) is 6.61 Å². The summed E-state index contributed by atoms with van der Waals surface area (Å²) in [6.45, 7) is 7.87. The summed E-state index contributed by atoms with van der Waals surface area (Å²) in [7, 11) is 2.22. The molecule has 0 saturated heterocycles. The molecule has 18 heavy (non-hydrogen) atoms. The first-order valence-electron chi connectivity index (χ1n) is 7.60. The zero-order chi connectivity index (χ0) is 13.4. The fourth-order valence-electron chi connectivity index (χ4n) is 2.89. The van der Waals surface area contributed by atoms with Crippen LogP contribution in [0, 0.1) is 5.92 Å². The van der Waals surface area contributed by atoms with Crippen LogP contribution in [0.4, 0.5) is 0 Å². The molecule has 0 bridgehead atoms. The van der Waals surface area contributed by atoms with Crippen LogP contribution in [0.3, 0.4) is 0 Å². The van der Waals surface area contributed by atoms with E-state index < -0.39 is 0 Å². The number of nitrogens with two attached hydrogens (primary N) is 1. The molecule has 1 aliphatic carbocycles. The zero-order valence-corrected chi connectivity index (χ0v) is 12.6. The van der Waals surface area contributed by atoms with E-state index in [0.717, 1.165) is 26.3 Å². The van der Waals surface area contributed by atoms with Gasteiger partial charge in [-0.25, -0.2) is 0 Å². The van der Waals surface area contributed by atoms with Gasteiger partial charge in [-0.1, -0.05) is 39.5 Å². The van der Waals surface area contributed by atoms with E-state index in [2.05, 4.69) is 25.8 Å². The van der Waals surface area contributed by atoms with Crippen LogP contribution in [0.5, 0.6) is 0 Å². The lowest BCUT2D eigenvalue weighted by molar-refractivity contribution is 0.0460. The van der Waals surface area contributed by atoms with Gasteiger partial charge >= 0.3 is 0 Å². The molecule has 1 aliphatic rings. The van der Waals surface area contributed by atoms with E-state index >= 15 is 0 Å². The van der Waals surface area contributed by atoms with Crippen molar-refractivity contribution in [2.75, 3.05) is 33.4 Å². The lowest BCUT2D eigenvalue weighted by Gasteiger charge is -2.41. The number of ether oxygens (including phenoxy) is 1. The van der Waals surface area contributed by atoms with E-state index in [-0.39, 0.29) is 5.54 Å². The first-order chi connectivity index (χ1) is 8.60. The van der Waals surface area contributed by atoms with Crippen LogP contribution in [0.15, 0.2) is 0 Å². The van der Waals surface area contributed by atoms with Crippen molar-refractivity contribution in [3.63, 3.8) is 0 Å². The second-order valence-electron chi connectivity index (χ2n) is 6.23. The van der Waals surface area contributed by atoms with Gasteiger partial charge in [-0.15, -0.1) is 0 Å². The first kappa shape index (κ1) is 15.9. The van der Waals surface area contributed by atoms with Gasteiger partial charge in [0.25, 0.3) is 0 Å². The third-order valence-corrected chi connectivity index (χ3v) is 4.25. The summed E-state index contributed by atoms with van der Waals surface area (Å²) < 4.78 is 5.69. The number of hydrogen-bond donors (Lipinski definition) is 1. The largest absolute Gasteiger partial charge is 0.380 e. The van der Waals surface area contributed by atoms with Gasteiger partial charge in [0.15, 0.2) is 0 Å². The SMILES string of the molecule is CC(C)COCCN(C)C1(CN)CCCCCC1. The molecule has 0 aromatic carbocycles. The van der Waals surface area contributed by atoms with Crippen molar-refractivity contribution in [1.82, 2.24) is 4.90 Å². The molecule has 0 unspecified atom stereocenters. The molecule has 3 nitrogen and oxygen atoms in total. The Kier molecular flexibility index (Phi) is 7.20. The summed E-state index contributed by atoms with van der Waals surface area (Å²) in [6.07, 6.45) is 7.91. The Labute approximate surface area is 113 Å². The highest BCUT2D eigenvalue weighted by atomic mass is 16.5. The van der Waals surface area contributed by atoms with Crippen molar-refractivity contribution in [2.24, 2.45) is 11.7 Å². The normalized spacial score (nSPS) is 20.3. The highest BCUT2D eigenvalue weighted by Crippen LogP contribution is 2.30. The average Bonchev–Trinajstić information content (AvgIpc) is 2.60. The zero-order valence-electron chi connectivity index (χ0n) is 12.6. The molecule has 0 amide bonds. The highest BCUT2D eigenvalue weighted by molar-refractivity contribution is 4.91.